The normalized spacial score (nSPS) is 13.3. The second-order valence-corrected chi connectivity index (χ2v) is 4.10. The van der Waals surface area contributed by atoms with Crippen molar-refractivity contribution >= 4 is 11.9 Å². The van der Waals surface area contributed by atoms with Gasteiger partial charge in [-0.2, -0.15) is 0 Å². The highest BCUT2D eigenvalue weighted by molar-refractivity contribution is 5.78. The fourth-order valence-corrected chi connectivity index (χ4v) is 1.26. The Morgan fingerprint density at radius 3 is 2.40 bits per heavy atom. The molecule has 0 aromatic heterocycles. The predicted molar refractivity (Wildman–Crippen MR) is 65.3 cm³/mol. The largest absolute Gasteiger partial charge is 0.508 e. The number of hydrogen-bond donors (Lipinski definition) is 4. The van der Waals surface area contributed by atoms with Crippen molar-refractivity contribution in [2.24, 2.45) is 5.73 Å². The lowest BCUT2D eigenvalue weighted by Crippen LogP contribution is -2.35. The number of phenolic OH excluding ortho intramolecular Hbond substituents is 2. The number of aliphatic hydroxyl groups excluding tert-OH is 1. The molecule has 0 bridgehead atoms. The lowest BCUT2D eigenvalue weighted by molar-refractivity contribution is -0.264. The average molecular weight is 285 g/mol. The average Bonchev–Trinajstić information content (AvgIpc) is 2.38. The van der Waals surface area contributed by atoms with Crippen molar-refractivity contribution in [3.8, 4) is 11.5 Å². The third-order valence-electron chi connectivity index (χ3n) is 2.36. The van der Waals surface area contributed by atoms with Gasteiger partial charge >= 0.3 is 11.9 Å². The molecule has 0 radical (unpaired) electrons. The van der Waals surface area contributed by atoms with Gasteiger partial charge in [0.25, 0.3) is 0 Å². The number of phenols is 2. The van der Waals surface area contributed by atoms with Gasteiger partial charge in [0.15, 0.2) is 6.10 Å². The Hall–Kier alpha value is -2.32. The minimum atomic E-state index is -1.43. The van der Waals surface area contributed by atoms with E-state index in [-0.39, 0.29) is 17.9 Å². The van der Waals surface area contributed by atoms with Gasteiger partial charge in [-0.05, 0) is 18.6 Å². The molecule has 8 nitrogen and oxygen atoms in total. The number of benzene rings is 1. The molecule has 1 aromatic rings. The molecule has 0 aliphatic rings. The van der Waals surface area contributed by atoms with Crippen LogP contribution in [0.5, 0.6) is 11.5 Å². The van der Waals surface area contributed by atoms with Crippen molar-refractivity contribution < 1.29 is 34.7 Å². The maximum absolute atomic E-state index is 11.4. The number of rotatable bonds is 4. The molecule has 0 aliphatic carbocycles. The van der Waals surface area contributed by atoms with E-state index in [4.69, 9.17) is 15.9 Å². The molecule has 0 aliphatic heterocycles. The van der Waals surface area contributed by atoms with E-state index < -0.39 is 24.1 Å². The Kier molecular flexibility index (Phi) is 5.30. The molecule has 110 valence electrons. The maximum Gasteiger partial charge on any atom is 0.383 e. The van der Waals surface area contributed by atoms with Crippen LogP contribution in [0.2, 0.25) is 0 Å². The summed E-state index contributed by atoms with van der Waals surface area (Å²) in [6.45, 7) is 1.14. The van der Waals surface area contributed by atoms with Crippen LogP contribution in [-0.4, -0.2) is 39.4 Å². The molecule has 0 fully saturated rings. The van der Waals surface area contributed by atoms with Crippen LogP contribution in [0.1, 0.15) is 12.5 Å². The van der Waals surface area contributed by atoms with E-state index in [9.17, 15) is 14.7 Å². The van der Waals surface area contributed by atoms with Crippen LogP contribution < -0.4 is 5.73 Å². The number of hydrogen-bond acceptors (Lipinski definition) is 8. The number of aliphatic hydroxyl groups is 1. The molecule has 1 rings (SSSR count). The molecule has 1 aromatic carbocycles. The second-order valence-electron chi connectivity index (χ2n) is 4.10. The van der Waals surface area contributed by atoms with E-state index in [0.717, 1.165) is 13.0 Å². The molecule has 0 saturated heterocycles. The van der Waals surface area contributed by atoms with Gasteiger partial charge in [-0.1, -0.05) is 6.07 Å². The van der Waals surface area contributed by atoms with Crippen molar-refractivity contribution in [2.45, 2.75) is 25.5 Å². The first kappa shape index (κ1) is 15.7. The standard InChI is InChI=1S/C12H15NO7/c1-6(14)11(17)19-20-12(18)9(13)4-7-2-3-8(15)5-10(7)16/h2-3,5-6,9,14-16H,4,13H2,1H3. The van der Waals surface area contributed by atoms with Crippen molar-refractivity contribution in [1.82, 2.24) is 0 Å². The first-order chi connectivity index (χ1) is 9.31. The van der Waals surface area contributed by atoms with Gasteiger partial charge in [0.1, 0.15) is 17.5 Å². The topological polar surface area (TPSA) is 139 Å². The molecular formula is C12H15NO7. The summed E-state index contributed by atoms with van der Waals surface area (Å²) >= 11 is 0. The van der Waals surface area contributed by atoms with Gasteiger partial charge in [0.2, 0.25) is 0 Å². The molecule has 8 heteroatoms. The van der Waals surface area contributed by atoms with Crippen LogP contribution in [-0.2, 0) is 25.8 Å². The highest BCUT2D eigenvalue weighted by Crippen LogP contribution is 2.23. The fraction of sp³-hybridized carbons (Fsp3) is 0.333. The summed E-state index contributed by atoms with van der Waals surface area (Å²) in [4.78, 5) is 30.5. The fourth-order valence-electron chi connectivity index (χ4n) is 1.26. The van der Waals surface area contributed by atoms with Gasteiger partial charge in [0, 0.05) is 12.5 Å². The van der Waals surface area contributed by atoms with Crippen molar-refractivity contribution in [3.05, 3.63) is 23.8 Å². The van der Waals surface area contributed by atoms with Gasteiger partial charge in [-0.15, -0.1) is 0 Å². The zero-order valence-corrected chi connectivity index (χ0v) is 10.6. The molecule has 0 spiro atoms. The number of nitrogens with two attached hydrogens (primary N) is 1. The van der Waals surface area contributed by atoms with Gasteiger partial charge in [-0.3, -0.25) is 0 Å². The summed E-state index contributed by atoms with van der Waals surface area (Å²) < 4.78 is 0. The molecule has 20 heavy (non-hydrogen) atoms. The first-order valence-corrected chi connectivity index (χ1v) is 5.68. The molecular weight excluding hydrogens is 270 g/mol. The second kappa shape index (κ2) is 6.73. The molecule has 0 amide bonds. The predicted octanol–water partition coefficient (Wildman–Crippen LogP) is -0.650. The van der Waals surface area contributed by atoms with Crippen LogP contribution >= 0.6 is 0 Å². The smallest absolute Gasteiger partial charge is 0.383 e. The maximum atomic E-state index is 11.4. The van der Waals surface area contributed by atoms with Crippen molar-refractivity contribution in [1.29, 1.82) is 0 Å². The summed E-state index contributed by atoms with van der Waals surface area (Å²) in [6.07, 6.45) is -1.52. The van der Waals surface area contributed by atoms with E-state index >= 15 is 0 Å². The molecule has 2 unspecified atom stereocenters. The Morgan fingerprint density at radius 2 is 1.85 bits per heavy atom. The monoisotopic (exact) mass is 285 g/mol. The van der Waals surface area contributed by atoms with Crippen LogP contribution in [0, 0.1) is 0 Å². The van der Waals surface area contributed by atoms with Crippen molar-refractivity contribution in [2.75, 3.05) is 0 Å². The Bertz CT molecular complexity index is 501. The minimum Gasteiger partial charge on any atom is -0.508 e. The van der Waals surface area contributed by atoms with Crippen LogP contribution in [0.3, 0.4) is 0 Å². The summed E-state index contributed by atoms with van der Waals surface area (Å²) in [6, 6.07) is 2.62. The van der Waals surface area contributed by atoms with Gasteiger partial charge in [0.05, 0.1) is 0 Å². The van der Waals surface area contributed by atoms with Gasteiger partial charge < -0.3 is 21.1 Å². The van der Waals surface area contributed by atoms with Crippen LogP contribution in [0.25, 0.3) is 0 Å². The number of carbonyl (C=O) groups is 2. The highest BCUT2D eigenvalue weighted by Gasteiger charge is 2.21. The molecule has 0 heterocycles. The van der Waals surface area contributed by atoms with E-state index in [1.54, 1.807) is 0 Å². The van der Waals surface area contributed by atoms with E-state index in [0.29, 0.717) is 5.56 Å². The Balaban J connectivity index is 2.55. The lowest BCUT2D eigenvalue weighted by Gasteiger charge is -2.11. The van der Waals surface area contributed by atoms with E-state index in [2.05, 4.69) is 9.78 Å². The number of aromatic hydroxyl groups is 2. The summed E-state index contributed by atoms with van der Waals surface area (Å²) in [5.41, 5.74) is 5.83. The summed E-state index contributed by atoms with van der Waals surface area (Å²) in [7, 11) is 0. The molecule has 5 N–H and O–H groups in total. The van der Waals surface area contributed by atoms with Crippen molar-refractivity contribution in [3.63, 3.8) is 0 Å². The zero-order chi connectivity index (χ0) is 15.3. The lowest BCUT2D eigenvalue weighted by atomic mass is 10.1. The van der Waals surface area contributed by atoms with Crippen LogP contribution in [0.4, 0.5) is 0 Å². The Labute approximate surface area is 114 Å². The molecule has 0 saturated carbocycles. The van der Waals surface area contributed by atoms with Crippen LogP contribution in [0.15, 0.2) is 18.2 Å². The van der Waals surface area contributed by atoms with Gasteiger partial charge in [-0.25, -0.2) is 19.4 Å². The number of carbonyl (C=O) groups excluding carboxylic acids is 2. The van der Waals surface area contributed by atoms with E-state index in [1.807, 2.05) is 0 Å². The van der Waals surface area contributed by atoms with E-state index in [1.165, 1.54) is 12.1 Å². The zero-order valence-electron chi connectivity index (χ0n) is 10.6. The highest BCUT2D eigenvalue weighted by atomic mass is 17.2. The minimum absolute atomic E-state index is 0.0861. The molecule has 2 atom stereocenters. The third kappa shape index (κ3) is 4.41. The third-order valence-corrected chi connectivity index (χ3v) is 2.36. The summed E-state index contributed by atoms with van der Waals surface area (Å²) in [5.74, 6) is -2.52. The Morgan fingerprint density at radius 1 is 1.25 bits per heavy atom. The summed E-state index contributed by atoms with van der Waals surface area (Å²) in [5, 5.41) is 27.5. The SMILES string of the molecule is CC(O)C(=O)OOC(=O)C(N)Cc1ccc(O)cc1O. The quantitative estimate of drug-likeness (QED) is 0.422. The first-order valence-electron chi connectivity index (χ1n) is 5.68.